The number of rotatable bonds is 4. The lowest BCUT2D eigenvalue weighted by molar-refractivity contribution is -0.141. The van der Waals surface area contributed by atoms with Crippen molar-refractivity contribution in [1.29, 1.82) is 0 Å². The van der Waals surface area contributed by atoms with Crippen molar-refractivity contribution in [3.05, 3.63) is 29.3 Å². The highest BCUT2D eigenvalue weighted by Crippen LogP contribution is 2.20. The lowest BCUT2D eigenvalue weighted by Crippen LogP contribution is -2.53. The fourth-order valence-electron chi connectivity index (χ4n) is 1.95. The molecule has 1 aliphatic rings. The molecule has 4 heteroatoms. The van der Waals surface area contributed by atoms with Crippen molar-refractivity contribution in [2.45, 2.75) is 26.4 Å². The molecule has 1 aliphatic heterocycles. The summed E-state index contributed by atoms with van der Waals surface area (Å²) in [5.74, 6) is 0.886. The Morgan fingerprint density at radius 3 is 2.83 bits per heavy atom. The Balaban J connectivity index is 1.78. The number of nitrogens with zero attached hydrogens (tertiary/aromatic N) is 1. The van der Waals surface area contributed by atoms with E-state index in [9.17, 15) is 4.79 Å². The predicted molar refractivity (Wildman–Crippen MR) is 68.6 cm³/mol. The molecule has 98 valence electrons. The molecule has 0 spiro atoms. The fourth-order valence-corrected chi connectivity index (χ4v) is 1.95. The van der Waals surface area contributed by atoms with Gasteiger partial charge in [-0.05, 0) is 31.0 Å². The molecule has 1 aromatic rings. The number of hydrogen-bond donors (Lipinski definition) is 1. The lowest BCUT2D eigenvalue weighted by Gasteiger charge is -2.35. The molecular weight excluding hydrogens is 230 g/mol. The van der Waals surface area contributed by atoms with Gasteiger partial charge in [-0.3, -0.25) is 4.79 Å². The summed E-state index contributed by atoms with van der Waals surface area (Å²) in [5.41, 5.74) is 2.30. The zero-order chi connectivity index (χ0) is 13.1. The summed E-state index contributed by atoms with van der Waals surface area (Å²) >= 11 is 0. The summed E-state index contributed by atoms with van der Waals surface area (Å²) in [6.07, 6.45) is 0.0222. The summed E-state index contributed by atoms with van der Waals surface area (Å²) in [6.45, 7) is 5.35. The van der Waals surface area contributed by atoms with Crippen molar-refractivity contribution in [1.82, 2.24) is 4.90 Å². The van der Waals surface area contributed by atoms with Gasteiger partial charge in [-0.1, -0.05) is 12.1 Å². The Hall–Kier alpha value is -1.55. The number of amides is 1. The normalized spacial score (nSPS) is 15.4. The monoisotopic (exact) mass is 249 g/mol. The number of β-amino-alcohol motifs (C(OH)–C–C–N with tert-alkyl or cyclic N) is 1. The number of carbonyl (C=O) groups is 1. The number of hydrogen-bond acceptors (Lipinski definition) is 3. The van der Waals surface area contributed by atoms with E-state index in [4.69, 9.17) is 9.84 Å². The molecule has 1 saturated heterocycles. The highest BCUT2D eigenvalue weighted by molar-refractivity contribution is 5.77. The summed E-state index contributed by atoms with van der Waals surface area (Å²) in [5, 5.41) is 9.11. The molecule has 18 heavy (non-hydrogen) atoms. The molecule has 0 atom stereocenters. The van der Waals surface area contributed by atoms with Crippen LogP contribution in [0, 0.1) is 13.8 Å². The first-order valence-electron chi connectivity index (χ1n) is 6.23. The average Bonchev–Trinajstić information content (AvgIpc) is 2.30. The number of carbonyl (C=O) groups excluding carboxylic acids is 1. The minimum absolute atomic E-state index is 0.0469. The van der Waals surface area contributed by atoms with Crippen LogP contribution < -0.4 is 4.74 Å². The van der Waals surface area contributed by atoms with Crippen LogP contribution in [0.5, 0.6) is 5.75 Å². The number of aliphatic hydroxyl groups is 1. The average molecular weight is 249 g/mol. The maximum Gasteiger partial charge on any atom is 0.226 e. The lowest BCUT2D eigenvalue weighted by atomic mass is 10.1. The van der Waals surface area contributed by atoms with E-state index in [1.165, 1.54) is 5.56 Å². The third-order valence-corrected chi connectivity index (χ3v) is 3.34. The highest BCUT2D eigenvalue weighted by atomic mass is 16.5. The van der Waals surface area contributed by atoms with Gasteiger partial charge in [-0.25, -0.2) is 0 Å². The predicted octanol–water partition coefficient (Wildman–Crippen LogP) is 1.28. The van der Waals surface area contributed by atoms with Crippen LogP contribution in [0.2, 0.25) is 0 Å². The van der Waals surface area contributed by atoms with E-state index in [2.05, 4.69) is 0 Å². The molecule has 1 fully saturated rings. The first-order chi connectivity index (χ1) is 8.58. The van der Waals surface area contributed by atoms with Gasteiger partial charge in [0.2, 0.25) is 5.91 Å². The van der Waals surface area contributed by atoms with Crippen molar-refractivity contribution < 1.29 is 14.6 Å². The van der Waals surface area contributed by atoms with Gasteiger partial charge in [-0.15, -0.1) is 0 Å². The highest BCUT2D eigenvalue weighted by Gasteiger charge is 2.28. The van der Waals surface area contributed by atoms with Gasteiger partial charge in [0.05, 0.1) is 19.1 Å². The van der Waals surface area contributed by atoms with E-state index in [1.807, 2.05) is 32.0 Å². The first kappa shape index (κ1) is 12.9. The molecule has 1 aromatic carbocycles. The number of ether oxygens (including phenoxy) is 1. The smallest absolute Gasteiger partial charge is 0.226 e. The van der Waals surface area contributed by atoms with E-state index < -0.39 is 0 Å². The molecular formula is C14H19NO3. The largest absolute Gasteiger partial charge is 0.493 e. The van der Waals surface area contributed by atoms with Gasteiger partial charge in [0, 0.05) is 13.1 Å². The van der Waals surface area contributed by atoms with E-state index in [0.717, 1.165) is 11.3 Å². The second-order valence-electron chi connectivity index (χ2n) is 4.75. The maximum atomic E-state index is 11.6. The minimum atomic E-state index is -0.339. The quantitative estimate of drug-likeness (QED) is 0.874. The van der Waals surface area contributed by atoms with E-state index in [1.54, 1.807) is 4.90 Å². The van der Waals surface area contributed by atoms with Crippen molar-refractivity contribution in [3.8, 4) is 5.75 Å². The standard InChI is InChI=1S/C14H19NO3/c1-10-4-3-5-13(11(10)2)18-7-6-14(17)15-8-12(16)9-15/h3-5,12,16H,6-9H2,1-2H3. The molecule has 1 N–H and O–H groups in total. The zero-order valence-corrected chi connectivity index (χ0v) is 10.8. The molecule has 0 radical (unpaired) electrons. The molecule has 0 aromatic heterocycles. The molecule has 0 saturated carbocycles. The van der Waals surface area contributed by atoms with Gasteiger partial charge in [0.15, 0.2) is 0 Å². The topological polar surface area (TPSA) is 49.8 Å². The van der Waals surface area contributed by atoms with Crippen molar-refractivity contribution in [2.75, 3.05) is 19.7 Å². The number of aryl methyl sites for hydroxylation is 1. The summed E-state index contributed by atoms with van der Waals surface area (Å²) in [7, 11) is 0. The minimum Gasteiger partial charge on any atom is -0.493 e. The van der Waals surface area contributed by atoms with Crippen LogP contribution in [0.4, 0.5) is 0 Å². The third-order valence-electron chi connectivity index (χ3n) is 3.34. The van der Waals surface area contributed by atoms with Gasteiger partial charge < -0.3 is 14.7 Å². The SMILES string of the molecule is Cc1cccc(OCCC(=O)N2CC(O)C2)c1C. The number of likely N-dealkylation sites (tertiary alicyclic amines) is 1. The molecule has 0 bridgehead atoms. The van der Waals surface area contributed by atoms with Crippen LogP contribution in [0.3, 0.4) is 0 Å². The summed E-state index contributed by atoms with van der Waals surface area (Å²) < 4.78 is 5.62. The Bertz CT molecular complexity index is 439. The fraction of sp³-hybridized carbons (Fsp3) is 0.500. The van der Waals surface area contributed by atoms with Gasteiger partial charge >= 0.3 is 0 Å². The number of aliphatic hydroxyl groups excluding tert-OH is 1. The molecule has 1 heterocycles. The molecule has 0 unspecified atom stereocenters. The van der Waals surface area contributed by atoms with Crippen LogP contribution >= 0.6 is 0 Å². The van der Waals surface area contributed by atoms with Crippen molar-refractivity contribution >= 4 is 5.91 Å². The molecule has 4 nitrogen and oxygen atoms in total. The van der Waals surface area contributed by atoms with Crippen molar-refractivity contribution in [3.63, 3.8) is 0 Å². The van der Waals surface area contributed by atoms with Crippen LogP contribution in [0.25, 0.3) is 0 Å². The Kier molecular flexibility index (Phi) is 3.87. The molecule has 2 rings (SSSR count). The van der Waals surface area contributed by atoms with E-state index in [0.29, 0.717) is 26.1 Å². The van der Waals surface area contributed by atoms with Crippen LogP contribution in [0.1, 0.15) is 17.5 Å². The summed E-state index contributed by atoms with van der Waals surface area (Å²) in [6, 6.07) is 5.90. The molecule has 1 amide bonds. The Morgan fingerprint density at radius 1 is 1.44 bits per heavy atom. The van der Waals surface area contributed by atoms with Gasteiger partial charge in [0.1, 0.15) is 5.75 Å². The van der Waals surface area contributed by atoms with E-state index >= 15 is 0 Å². The van der Waals surface area contributed by atoms with Gasteiger partial charge in [-0.2, -0.15) is 0 Å². The second kappa shape index (κ2) is 5.40. The Labute approximate surface area is 107 Å². The zero-order valence-electron chi connectivity index (χ0n) is 10.8. The van der Waals surface area contributed by atoms with Crippen LogP contribution in [0.15, 0.2) is 18.2 Å². The third kappa shape index (κ3) is 2.82. The van der Waals surface area contributed by atoms with Crippen molar-refractivity contribution in [2.24, 2.45) is 0 Å². The maximum absolute atomic E-state index is 11.6. The molecule has 0 aliphatic carbocycles. The summed E-state index contributed by atoms with van der Waals surface area (Å²) in [4.78, 5) is 13.3. The number of benzene rings is 1. The van der Waals surface area contributed by atoms with Crippen LogP contribution in [-0.4, -0.2) is 41.7 Å². The van der Waals surface area contributed by atoms with E-state index in [-0.39, 0.29) is 12.0 Å². The Morgan fingerprint density at radius 2 is 2.17 bits per heavy atom. The first-order valence-corrected chi connectivity index (χ1v) is 6.23. The van der Waals surface area contributed by atoms with Crippen LogP contribution in [-0.2, 0) is 4.79 Å². The van der Waals surface area contributed by atoms with Gasteiger partial charge in [0.25, 0.3) is 0 Å². The second-order valence-corrected chi connectivity index (χ2v) is 4.75.